The normalized spacial score (nSPS) is 52.9. The van der Waals surface area contributed by atoms with Gasteiger partial charge in [0.25, 0.3) is 0 Å². The number of amides is 1. The molecule has 7 rings (SSSR count). The first-order valence-electron chi connectivity index (χ1n) is 16.6. The van der Waals surface area contributed by atoms with Crippen LogP contribution in [-0.2, 0) is 14.3 Å². The van der Waals surface area contributed by atoms with Crippen LogP contribution < -0.4 is 0 Å². The number of aliphatic hydroxyl groups excluding tert-OH is 1. The summed E-state index contributed by atoms with van der Waals surface area (Å²) in [4.78, 5) is 27.6. The van der Waals surface area contributed by atoms with Gasteiger partial charge in [-0.25, -0.2) is 4.79 Å². The Morgan fingerprint density at radius 1 is 1.05 bits per heavy atom. The summed E-state index contributed by atoms with van der Waals surface area (Å²) in [6.07, 6.45) is 8.09. The molecule has 2 aliphatic heterocycles. The van der Waals surface area contributed by atoms with E-state index in [4.69, 9.17) is 9.47 Å². The lowest BCUT2D eigenvalue weighted by Crippen LogP contribution is -2.59. The second kappa shape index (κ2) is 8.49. The number of aliphatic hydroxyl groups is 1. The maximum atomic E-state index is 13.0. The summed E-state index contributed by atoms with van der Waals surface area (Å²) in [5.41, 5.74) is 0.127. The fourth-order valence-electron chi connectivity index (χ4n) is 12.7. The van der Waals surface area contributed by atoms with Crippen molar-refractivity contribution in [2.45, 2.75) is 131 Å². The molecule has 0 aromatic heterocycles. The van der Waals surface area contributed by atoms with Gasteiger partial charge in [0.1, 0.15) is 11.9 Å². The molecule has 0 aromatic carbocycles. The minimum absolute atomic E-state index is 0.00957. The highest BCUT2D eigenvalue weighted by Gasteiger charge is 2.84. The van der Waals surface area contributed by atoms with Crippen LogP contribution in [0.25, 0.3) is 0 Å². The van der Waals surface area contributed by atoms with E-state index in [-0.39, 0.29) is 57.4 Å². The van der Waals surface area contributed by atoms with E-state index in [0.29, 0.717) is 29.5 Å². The lowest BCUT2D eigenvalue weighted by atomic mass is 9.41. The van der Waals surface area contributed by atoms with E-state index in [9.17, 15) is 14.7 Å². The molecule has 0 radical (unpaired) electrons. The number of hydrogen-bond donors (Lipinski definition) is 1. The first kappa shape index (κ1) is 27.7. The summed E-state index contributed by atoms with van der Waals surface area (Å²) in [7, 11) is 0. The molecule has 7 aliphatic rings. The minimum Gasteiger partial charge on any atom is -0.443 e. The van der Waals surface area contributed by atoms with Crippen molar-refractivity contribution in [3.05, 3.63) is 0 Å². The van der Waals surface area contributed by atoms with Crippen molar-refractivity contribution in [3.63, 3.8) is 0 Å². The van der Waals surface area contributed by atoms with Crippen LogP contribution in [0.3, 0.4) is 0 Å². The van der Waals surface area contributed by atoms with Crippen LogP contribution in [-0.4, -0.2) is 59.4 Å². The SMILES string of the molecule is CC(C)[C@@H](OC(=O)N1CCC1)[C@H]1C[C@@H](C)[C@H]2[C@H](O1)[C@H](O)[C@@]1(C)[C@@H]3CC[C@H]4C(C)(C)C(=O)CC[C@@]45C[C@@]35CC[C@]21C. The van der Waals surface area contributed by atoms with Crippen molar-refractivity contribution >= 4 is 11.9 Å². The van der Waals surface area contributed by atoms with Gasteiger partial charge in [0.05, 0.1) is 18.3 Å². The molecule has 6 nitrogen and oxygen atoms in total. The molecule has 12 atom stereocenters. The molecule has 2 heterocycles. The smallest absolute Gasteiger partial charge is 0.410 e. The third-order valence-electron chi connectivity index (χ3n) is 14.9. The highest BCUT2D eigenvalue weighted by molar-refractivity contribution is 5.86. The third kappa shape index (κ3) is 3.14. The second-order valence-corrected chi connectivity index (χ2v) is 16.8. The van der Waals surface area contributed by atoms with Gasteiger partial charge in [0, 0.05) is 30.3 Å². The van der Waals surface area contributed by atoms with E-state index < -0.39 is 6.10 Å². The number of ketones is 1. The quantitative estimate of drug-likeness (QED) is 0.446. The molecule has 224 valence electrons. The lowest BCUT2D eigenvalue weighted by Gasteiger charge is -2.63. The third-order valence-corrected chi connectivity index (χ3v) is 14.9. The summed E-state index contributed by atoms with van der Waals surface area (Å²) in [5, 5.41) is 12.4. The number of carbonyl (C=O) groups is 2. The van der Waals surface area contributed by atoms with Crippen molar-refractivity contribution in [3.8, 4) is 0 Å². The van der Waals surface area contributed by atoms with Crippen molar-refractivity contribution in [2.75, 3.05) is 13.1 Å². The summed E-state index contributed by atoms with van der Waals surface area (Å²) >= 11 is 0. The molecule has 0 aromatic rings. The van der Waals surface area contributed by atoms with Gasteiger partial charge in [-0.05, 0) is 97.2 Å². The van der Waals surface area contributed by atoms with E-state index in [1.165, 1.54) is 12.8 Å². The van der Waals surface area contributed by atoms with Gasteiger partial charge in [-0.1, -0.05) is 48.5 Å². The molecule has 40 heavy (non-hydrogen) atoms. The first-order valence-corrected chi connectivity index (χ1v) is 16.6. The van der Waals surface area contributed by atoms with E-state index in [1.54, 1.807) is 4.90 Å². The second-order valence-electron chi connectivity index (χ2n) is 16.8. The van der Waals surface area contributed by atoms with E-state index in [1.807, 2.05) is 0 Å². The van der Waals surface area contributed by atoms with E-state index >= 15 is 0 Å². The zero-order chi connectivity index (χ0) is 28.6. The zero-order valence-corrected chi connectivity index (χ0v) is 26.0. The number of nitrogens with zero attached hydrogens (tertiary/aromatic N) is 1. The molecule has 1 amide bonds. The predicted molar refractivity (Wildman–Crippen MR) is 152 cm³/mol. The number of likely N-dealkylation sites (tertiary alicyclic amines) is 1. The average molecular weight is 556 g/mol. The Kier molecular flexibility index (Phi) is 5.87. The van der Waals surface area contributed by atoms with Crippen LogP contribution in [0.2, 0.25) is 0 Å². The molecule has 5 saturated carbocycles. The Balaban J connectivity index is 1.19. The number of hydrogen-bond acceptors (Lipinski definition) is 5. The van der Waals surface area contributed by atoms with Crippen molar-refractivity contribution in [2.24, 2.45) is 56.7 Å². The number of fused-ring (bicyclic) bond motifs is 4. The summed E-state index contributed by atoms with van der Waals surface area (Å²) in [6.45, 7) is 17.5. The molecular formula is C34H53NO5. The lowest BCUT2D eigenvalue weighted by molar-refractivity contribution is -0.182. The molecule has 6 heteroatoms. The van der Waals surface area contributed by atoms with Gasteiger partial charge < -0.3 is 19.5 Å². The van der Waals surface area contributed by atoms with Gasteiger partial charge in [-0.15, -0.1) is 0 Å². The van der Waals surface area contributed by atoms with Crippen molar-refractivity contribution < 1.29 is 24.2 Å². The van der Waals surface area contributed by atoms with Crippen LogP contribution in [0.4, 0.5) is 4.79 Å². The van der Waals surface area contributed by atoms with Crippen molar-refractivity contribution in [1.82, 2.24) is 4.90 Å². The molecule has 2 saturated heterocycles. The average Bonchev–Trinajstić information content (AvgIpc) is 3.48. The number of ether oxygens (including phenoxy) is 2. The Bertz CT molecular complexity index is 1100. The Hall–Kier alpha value is -1.14. The molecular weight excluding hydrogens is 502 g/mol. The largest absolute Gasteiger partial charge is 0.443 e. The van der Waals surface area contributed by atoms with Crippen LogP contribution in [0.1, 0.15) is 106 Å². The fraction of sp³-hybridized carbons (Fsp3) is 0.941. The Labute approximate surface area is 241 Å². The zero-order valence-electron chi connectivity index (χ0n) is 26.0. The number of rotatable bonds is 3. The highest BCUT2D eigenvalue weighted by atomic mass is 16.6. The van der Waals surface area contributed by atoms with Crippen LogP contribution in [0.15, 0.2) is 0 Å². The Morgan fingerprint density at radius 3 is 2.38 bits per heavy atom. The molecule has 0 bridgehead atoms. The van der Waals surface area contributed by atoms with Crippen molar-refractivity contribution in [1.29, 1.82) is 0 Å². The summed E-state index contributed by atoms with van der Waals surface area (Å²) < 4.78 is 13.1. The van der Waals surface area contributed by atoms with Crippen LogP contribution in [0.5, 0.6) is 0 Å². The topological polar surface area (TPSA) is 76.1 Å². The summed E-state index contributed by atoms with van der Waals surface area (Å²) in [6, 6.07) is 0. The molecule has 7 fully saturated rings. The maximum Gasteiger partial charge on any atom is 0.410 e. The van der Waals surface area contributed by atoms with E-state index in [2.05, 4.69) is 48.5 Å². The molecule has 0 unspecified atom stereocenters. The monoisotopic (exact) mass is 555 g/mol. The van der Waals surface area contributed by atoms with Gasteiger partial charge in [0.15, 0.2) is 0 Å². The van der Waals surface area contributed by atoms with E-state index in [0.717, 1.165) is 58.0 Å². The van der Waals surface area contributed by atoms with Crippen LogP contribution >= 0.6 is 0 Å². The van der Waals surface area contributed by atoms with Gasteiger partial charge >= 0.3 is 6.09 Å². The van der Waals surface area contributed by atoms with Gasteiger partial charge in [-0.3, -0.25) is 4.79 Å². The van der Waals surface area contributed by atoms with Gasteiger partial charge in [-0.2, -0.15) is 0 Å². The molecule has 2 spiro atoms. The maximum absolute atomic E-state index is 13.0. The standard InChI is InChI=1S/C34H53NO5/c1-19(2)26(40-29(38)35-15-8-16-35)21-17-20(3)25-27(39-21)28(37)32(7)23-10-9-22-30(4,5)24(36)11-12-33(22)18-34(23,33)14-13-31(25,32)6/h19-23,25-28,37H,8-18H2,1-7H3/t20-,21-,22+,23+,25+,26-,27+,28+,31-,32-,33-,34+/m1/s1. The fourth-order valence-corrected chi connectivity index (χ4v) is 12.7. The van der Waals surface area contributed by atoms with Gasteiger partial charge in [0.2, 0.25) is 0 Å². The number of Topliss-reactive ketones (excluding diaryl/α,β-unsaturated/α-hetero) is 1. The van der Waals surface area contributed by atoms with Crippen LogP contribution in [0, 0.1) is 56.7 Å². The predicted octanol–water partition coefficient (Wildman–Crippen LogP) is 6.24. The Morgan fingerprint density at radius 2 is 1.73 bits per heavy atom. The molecule has 5 aliphatic carbocycles. The first-order chi connectivity index (χ1) is 18.7. The minimum atomic E-state index is -0.527. The molecule has 1 N–H and O–H groups in total. The summed E-state index contributed by atoms with van der Waals surface area (Å²) in [5.74, 6) is 2.26. The number of carbonyl (C=O) groups excluding carboxylic acids is 2. The highest BCUT2D eigenvalue weighted by Crippen LogP contribution is 2.89.